The van der Waals surface area contributed by atoms with Gasteiger partial charge in [0.2, 0.25) is 5.91 Å². The Balaban J connectivity index is 1.46. The number of ether oxygens (including phenoxy) is 1. The Bertz CT molecular complexity index is 659. The van der Waals surface area contributed by atoms with Gasteiger partial charge in [0.15, 0.2) is 0 Å². The second-order valence-corrected chi connectivity index (χ2v) is 6.94. The second-order valence-electron chi connectivity index (χ2n) is 6.94. The quantitative estimate of drug-likeness (QED) is 0.778. The topological polar surface area (TPSA) is 66.0 Å². The molecule has 7 heteroatoms. The van der Waals surface area contributed by atoms with Crippen LogP contribution in [0.25, 0.3) is 0 Å². The maximum Gasteiger partial charge on any atom is 0.320 e. The van der Waals surface area contributed by atoms with Crippen molar-refractivity contribution in [2.24, 2.45) is 5.92 Å². The number of carbonyl (C=O) groups excluding carboxylic acids is 2. The average molecular weight is 344 g/mol. The fourth-order valence-corrected chi connectivity index (χ4v) is 3.98. The van der Waals surface area contributed by atoms with Crippen LogP contribution in [0.1, 0.15) is 25.7 Å². The lowest BCUT2D eigenvalue weighted by Gasteiger charge is -2.37. The number of urea groups is 1. The minimum atomic E-state index is -0.147. The van der Waals surface area contributed by atoms with E-state index in [9.17, 15) is 9.59 Å². The first-order valence-electron chi connectivity index (χ1n) is 9.16. The number of hydrogen-bond acceptors (Lipinski definition) is 4. The number of pyridine rings is 1. The van der Waals surface area contributed by atoms with Gasteiger partial charge in [0.1, 0.15) is 18.0 Å². The van der Waals surface area contributed by atoms with Crippen LogP contribution in [0.3, 0.4) is 0 Å². The van der Waals surface area contributed by atoms with E-state index < -0.39 is 0 Å². The number of anilines is 1. The highest BCUT2D eigenvalue weighted by molar-refractivity contribution is 5.97. The Kier molecular flexibility index (Phi) is 4.46. The molecule has 7 nitrogen and oxygen atoms in total. The number of aromatic nitrogens is 1. The number of fused-ring (bicyclic) bond motifs is 1. The van der Waals surface area contributed by atoms with Crippen molar-refractivity contribution in [3.63, 3.8) is 0 Å². The standard InChI is InChI=1S/C18H24N4O3/c23-17(22-10-11-25-16-5-6-19-12-15(16)22)14-4-3-9-21(13-14)18(24)20-7-1-2-8-20/h5-6,12,14H,1-4,7-11,13H2. The predicted octanol–water partition coefficient (Wildman–Crippen LogP) is 1.73. The molecule has 1 aromatic heterocycles. The summed E-state index contributed by atoms with van der Waals surface area (Å²) in [4.78, 5) is 35.4. The first kappa shape index (κ1) is 16.2. The molecule has 0 bridgehead atoms. The lowest BCUT2D eigenvalue weighted by atomic mass is 9.96. The van der Waals surface area contributed by atoms with Crippen LogP contribution in [-0.4, -0.2) is 66.1 Å². The van der Waals surface area contributed by atoms with Crippen LogP contribution in [0, 0.1) is 5.92 Å². The monoisotopic (exact) mass is 344 g/mol. The van der Waals surface area contributed by atoms with Crippen molar-refractivity contribution in [1.29, 1.82) is 0 Å². The molecular weight excluding hydrogens is 320 g/mol. The van der Waals surface area contributed by atoms with Gasteiger partial charge in [-0.1, -0.05) is 0 Å². The first-order chi connectivity index (χ1) is 12.2. The number of likely N-dealkylation sites (tertiary alicyclic amines) is 2. The summed E-state index contributed by atoms with van der Waals surface area (Å²) >= 11 is 0. The Morgan fingerprint density at radius 3 is 2.72 bits per heavy atom. The van der Waals surface area contributed by atoms with Gasteiger partial charge in [-0.15, -0.1) is 0 Å². The molecular formula is C18H24N4O3. The zero-order valence-electron chi connectivity index (χ0n) is 14.4. The van der Waals surface area contributed by atoms with E-state index in [-0.39, 0.29) is 17.9 Å². The third-order valence-corrected chi connectivity index (χ3v) is 5.31. The van der Waals surface area contributed by atoms with Gasteiger partial charge >= 0.3 is 6.03 Å². The van der Waals surface area contributed by atoms with E-state index >= 15 is 0 Å². The number of rotatable bonds is 1. The van der Waals surface area contributed by atoms with E-state index in [1.807, 2.05) is 9.80 Å². The Labute approximate surface area is 147 Å². The van der Waals surface area contributed by atoms with Crippen LogP contribution < -0.4 is 9.64 Å². The van der Waals surface area contributed by atoms with Crippen molar-refractivity contribution in [1.82, 2.24) is 14.8 Å². The minimum absolute atomic E-state index is 0.0801. The normalized spacial score (nSPS) is 23.2. The lowest BCUT2D eigenvalue weighted by Crippen LogP contribution is -2.51. The fourth-order valence-electron chi connectivity index (χ4n) is 3.98. The van der Waals surface area contributed by atoms with Gasteiger partial charge in [0.05, 0.1) is 18.7 Å². The number of hydrogen-bond donors (Lipinski definition) is 0. The summed E-state index contributed by atoms with van der Waals surface area (Å²) in [6.45, 7) is 3.98. The number of carbonyl (C=O) groups is 2. The highest BCUT2D eigenvalue weighted by atomic mass is 16.5. The van der Waals surface area contributed by atoms with Crippen LogP contribution in [0.4, 0.5) is 10.5 Å². The van der Waals surface area contributed by atoms with Crippen LogP contribution >= 0.6 is 0 Å². The predicted molar refractivity (Wildman–Crippen MR) is 92.6 cm³/mol. The summed E-state index contributed by atoms with van der Waals surface area (Å²) in [6, 6.07) is 1.89. The molecule has 25 heavy (non-hydrogen) atoms. The first-order valence-corrected chi connectivity index (χ1v) is 9.16. The Hall–Kier alpha value is -2.31. The van der Waals surface area contributed by atoms with E-state index in [0.717, 1.165) is 51.0 Å². The number of nitrogens with zero attached hydrogens (tertiary/aromatic N) is 4. The molecule has 134 valence electrons. The summed E-state index contributed by atoms with van der Waals surface area (Å²) in [5.41, 5.74) is 0.738. The van der Waals surface area contributed by atoms with Crippen LogP contribution in [-0.2, 0) is 4.79 Å². The summed E-state index contributed by atoms with van der Waals surface area (Å²) in [5, 5.41) is 0. The molecule has 3 amide bonds. The van der Waals surface area contributed by atoms with Crippen molar-refractivity contribution in [3.05, 3.63) is 18.5 Å². The van der Waals surface area contributed by atoms with Crippen molar-refractivity contribution in [2.75, 3.05) is 44.2 Å². The molecule has 1 aromatic rings. The molecule has 0 N–H and O–H groups in total. The molecule has 0 spiro atoms. The summed E-state index contributed by atoms with van der Waals surface area (Å²) in [5.74, 6) is 0.637. The lowest BCUT2D eigenvalue weighted by molar-refractivity contribution is -0.124. The third kappa shape index (κ3) is 3.15. The van der Waals surface area contributed by atoms with Gasteiger partial charge < -0.3 is 19.4 Å². The van der Waals surface area contributed by atoms with E-state index in [1.165, 1.54) is 0 Å². The van der Waals surface area contributed by atoms with Crippen LogP contribution in [0.15, 0.2) is 18.5 Å². The number of amides is 3. The molecule has 2 saturated heterocycles. The molecule has 0 saturated carbocycles. The summed E-state index contributed by atoms with van der Waals surface area (Å²) in [7, 11) is 0. The van der Waals surface area contributed by atoms with E-state index in [4.69, 9.17) is 4.74 Å². The highest BCUT2D eigenvalue weighted by Crippen LogP contribution is 2.32. The van der Waals surface area contributed by atoms with Crippen molar-refractivity contribution < 1.29 is 14.3 Å². The van der Waals surface area contributed by atoms with Crippen molar-refractivity contribution in [2.45, 2.75) is 25.7 Å². The number of piperidine rings is 1. The molecule has 1 atom stereocenters. The second kappa shape index (κ2) is 6.90. The SMILES string of the molecule is O=C(N1CCCC1)N1CCCC(C(=O)N2CCOc3ccncc32)C1. The maximum atomic E-state index is 13.1. The summed E-state index contributed by atoms with van der Waals surface area (Å²) < 4.78 is 5.61. The van der Waals surface area contributed by atoms with E-state index in [2.05, 4.69) is 4.98 Å². The molecule has 0 radical (unpaired) electrons. The third-order valence-electron chi connectivity index (χ3n) is 5.31. The smallest absolute Gasteiger partial charge is 0.320 e. The van der Waals surface area contributed by atoms with Crippen LogP contribution in [0.5, 0.6) is 5.75 Å². The fraction of sp³-hybridized carbons (Fsp3) is 0.611. The van der Waals surface area contributed by atoms with E-state index in [1.54, 1.807) is 23.4 Å². The highest BCUT2D eigenvalue weighted by Gasteiger charge is 2.35. The van der Waals surface area contributed by atoms with E-state index in [0.29, 0.717) is 25.4 Å². The molecule has 4 rings (SSSR count). The zero-order chi connectivity index (χ0) is 17.2. The van der Waals surface area contributed by atoms with Gasteiger partial charge in [-0.25, -0.2) is 4.79 Å². The van der Waals surface area contributed by atoms with Gasteiger partial charge in [-0.05, 0) is 25.7 Å². The molecule has 3 aliphatic heterocycles. The van der Waals surface area contributed by atoms with Crippen LogP contribution in [0.2, 0.25) is 0 Å². The van der Waals surface area contributed by atoms with Crippen molar-refractivity contribution in [3.8, 4) is 5.75 Å². The Morgan fingerprint density at radius 2 is 1.88 bits per heavy atom. The molecule has 0 aromatic carbocycles. The Morgan fingerprint density at radius 1 is 1.08 bits per heavy atom. The van der Waals surface area contributed by atoms with Crippen molar-refractivity contribution >= 4 is 17.6 Å². The largest absolute Gasteiger partial charge is 0.489 e. The molecule has 1 unspecified atom stereocenters. The molecule has 4 heterocycles. The van der Waals surface area contributed by atoms with Gasteiger partial charge in [0.25, 0.3) is 0 Å². The molecule has 2 fully saturated rings. The molecule has 3 aliphatic rings. The average Bonchev–Trinajstić information content (AvgIpc) is 3.21. The van der Waals surface area contributed by atoms with Gasteiger partial charge in [-0.3, -0.25) is 9.78 Å². The van der Waals surface area contributed by atoms with Gasteiger partial charge in [0, 0.05) is 38.4 Å². The minimum Gasteiger partial charge on any atom is -0.489 e. The maximum absolute atomic E-state index is 13.1. The van der Waals surface area contributed by atoms with Gasteiger partial charge in [-0.2, -0.15) is 0 Å². The zero-order valence-corrected chi connectivity index (χ0v) is 14.4. The summed E-state index contributed by atoms with van der Waals surface area (Å²) in [6.07, 6.45) is 7.22. The molecule has 0 aliphatic carbocycles.